The van der Waals surface area contributed by atoms with Gasteiger partial charge in [-0.1, -0.05) is 18.2 Å². The number of hydrogen-bond acceptors (Lipinski definition) is 3. The maximum atomic E-state index is 12.2. The fourth-order valence-electron chi connectivity index (χ4n) is 1.79. The van der Waals surface area contributed by atoms with Gasteiger partial charge in [0.15, 0.2) is 0 Å². The smallest absolute Gasteiger partial charge is 0.257 e. The third-order valence-electron chi connectivity index (χ3n) is 2.63. The molecular weight excluding hydrogens is 254 g/mol. The number of anilines is 3. The molecule has 0 radical (unpaired) electrons. The molecule has 102 valence electrons. The normalized spacial score (nSPS) is 9.85. The summed E-state index contributed by atoms with van der Waals surface area (Å²) in [5.74, 6) is -0.533. The molecule has 5 nitrogen and oxygen atoms in total. The number of hydrogen-bond donors (Lipinski definition) is 3. The lowest BCUT2D eigenvalue weighted by molar-refractivity contribution is -0.114. The maximum Gasteiger partial charge on any atom is 0.257 e. The van der Waals surface area contributed by atoms with Gasteiger partial charge in [-0.2, -0.15) is 0 Å². The van der Waals surface area contributed by atoms with E-state index in [0.717, 1.165) is 0 Å². The predicted octanol–water partition coefficient (Wildman–Crippen LogP) is 2.48. The van der Waals surface area contributed by atoms with Gasteiger partial charge in [0.1, 0.15) is 0 Å². The maximum absolute atomic E-state index is 12.2. The van der Waals surface area contributed by atoms with Crippen LogP contribution in [-0.4, -0.2) is 11.8 Å². The zero-order chi connectivity index (χ0) is 14.5. The summed E-state index contributed by atoms with van der Waals surface area (Å²) in [6, 6.07) is 13.7. The van der Waals surface area contributed by atoms with Crippen LogP contribution >= 0.6 is 0 Å². The number of nitrogens with two attached hydrogens (primary N) is 1. The van der Waals surface area contributed by atoms with Crippen LogP contribution in [0.3, 0.4) is 0 Å². The summed E-state index contributed by atoms with van der Waals surface area (Å²) in [5.41, 5.74) is 7.70. The number of nitrogens with one attached hydrogen (secondary N) is 2. The monoisotopic (exact) mass is 269 g/mol. The molecule has 0 aromatic heterocycles. The van der Waals surface area contributed by atoms with Crippen molar-refractivity contribution in [3.05, 3.63) is 54.1 Å². The van der Waals surface area contributed by atoms with Gasteiger partial charge in [-0.05, 0) is 30.3 Å². The molecule has 0 aliphatic heterocycles. The molecule has 0 aliphatic rings. The number of benzene rings is 2. The van der Waals surface area contributed by atoms with Crippen LogP contribution in [0, 0.1) is 0 Å². The van der Waals surface area contributed by atoms with E-state index in [1.807, 2.05) is 0 Å². The Labute approximate surface area is 116 Å². The standard InChI is InChI=1S/C15H15N3O2/c1-10(19)17-14-8-3-2-7-13(14)15(20)18-12-6-4-5-11(16)9-12/h2-9H,16H2,1H3,(H,17,19)(H,18,20). The highest BCUT2D eigenvalue weighted by Gasteiger charge is 2.11. The minimum atomic E-state index is -0.306. The van der Waals surface area contributed by atoms with Crippen molar-refractivity contribution in [2.24, 2.45) is 0 Å². The average Bonchev–Trinajstić information content (AvgIpc) is 2.38. The van der Waals surface area contributed by atoms with E-state index < -0.39 is 0 Å². The summed E-state index contributed by atoms with van der Waals surface area (Å²) in [5, 5.41) is 5.37. The molecule has 0 heterocycles. The third-order valence-corrected chi connectivity index (χ3v) is 2.63. The zero-order valence-corrected chi connectivity index (χ0v) is 11.0. The first-order valence-electron chi connectivity index (χ1n) is 6.10. The first-order valence-corrected chi connectivity index (χ1v) is 6.10. The molecular formula is C15H15N3O2. The van der Waals surface area contributed by atoms with E-state index in [4.69, 9.17) is 5.73 Å². The summed E-state index contributed by atoms with van der Waals surface area (Å²) in [7, 11) is 0. The van der Waals surface area contributed by atoms with Crippen molar-refractivity contribution in [1.29, 1.82) is 0 Å². The van der Waals surface area contributed by atoms with Crippen molar-refractivity contribution in [2.75, 3.05) is 16.4 Å². The van der Waals surface area contributed by atoms with E-state index in [2.05, 4.69) is 10.6 Å². The van der Waals surface area contributed by atoms with E-state index in [-0.39, 0.29) is 11.8 Å². The second kappa shape index (κ2) is 5.88. The minimum absolute atomic E-state index is 0.228. The lowest BCUT2D eigenvalue weighted by Crippen LogP contribution is -2.16. The molecule has 0 unspecified atom stereocenters. The van der Waals surface area contributed by atoms with Crippen molar-refractivity contribution in [3.63, 3.8) is 0 Å². The fraction of sp³-hybridized carbons (Fsp3) is 0.0667. The molecule has 2 aromatic carbocycles. The zero-order valence-electron chi connectivity index (χ0n) is 11.0. The Balaban J connectivity index is 2.23. The molecule has 0 bridgehead atoms. The van der Waals surface area contributed by atoms with Gasteiger partial charge in [-0.15, -0.1) is 0 Å². The summed E-state index contributed by atoms with van der Waals surface area (Å²) < 4.78 is 0. The molecule has 0 atom stereocenters. The second-order valence-electron chi connectivity index (χ2n) is 4.31. The molecule has 0 fully saturated rings. The molecule has 0 aliphatic carbocycles. The Hall–Kier alpha value is -2.82. The van der Waals surface area contributed by atoms with Gasteiger partial charge in [0.05, 0.1) is 11.3 Å². The lowest BCUT2D eigenvalue weighted by atomic mass is 10.1. The van der Waals surface area contributed by atoms with E-state index in [9.17, 15) is 9.59 Å². The van der Waals surface area contributed by atoms with Crippen LogP contribution in [-0.2, 0) is 4.79 Å². The largest absolute Gasteiger partial charge is 0.399 e. The molecule has 2 rings (SSSR count). The molecule has 0 saturated carbocycles. The van der Waals surface area contributed by atoms with Gasteiger partial charge in [0.2, 0.25) is 5.91 Å². The van der Waals surface area contributed by atoms with Gasteiger partial charge < -0.3 is 16.4 Å². The van der Waals surface area contributed by atoms with Gasteiger partial charge in [-0.25, -0.2) is 0 Å². The highest BCUT2D eigenvalue weighted by Crippen LogP contribution is 2.18. The lowest BCUT2D eigenvalue weighted by Gasteiger charge is -2.10. The van der Waals surface area contributed by atoms with Crippen LogP contribution in [0.25, 0.3) is 0 Å². The van der Waals surface area contributed by atoms with Crippen LogP contribution in [0.5, 0.6) is 0 Å². The van der Waals surface area contributed by atoms with Crippen molar-refractivity contribution >= 4 is 28.9 Å². The Bertz CT molecular complexity index is 653. The first kappa shape index (κ1) is 13.6. The average molecular weight is 269 g/mol. The van der Waals surface area contributed by atoms with E-state index in [1.165, 1.54) is 6.92 Å². The summed E-state index contributed by atoms with van der Waals surface area (Å²) in [6.07, 6.45) is 0. The predicted molar refractivity (Wildman–Crippen MR) is 79.6 cm³/mol. The van der Waals surface area contributed by atoms with E-state index >= 15 is 0 Å². The SMILES string of the molecule is CC(=O)Nc1ccccc1C(=O)Nc1cccc(N)c1. The molecule has 2 aromatic rings. The highest BCUT2D eigenvalue weighted by atomic mass is 16.2. The van der Waals surface area contributed by atoms with Gasteiger partial charge in [0, 0.05) is 18.3 Å². The number of rotatable bonds is 3. The number of para-hydroxylation sites is 1. The fourth-order valence-corrected chi connectivity index (χ4v) is 1.79. The third kappa shape index (κ3) is 3.35. The van der Waals surface area contributed by atoms with Crippen LogP contribution in [0.4, 0.5) is 17.1 Å². The van der Waals surface area contributed by atoms with Crippen molar-refractivity contribution in [3.8, 4) is 0 Å². The van der Waals surface area contributed by atoms with Crippen LogP contribution in [0.15, 0.2) is 48.5 Å². The van der Waals surface area contributed by atoms with Crippen molar-refractivity contribution in [2.45, 2.75) is 6.92 Å². The Morgan fingerprint density at radius 2 is 1.75 bits per heavy atom. The summed E-state index contributed by atoms with van der Waals surface area (Å²) >= 11 is 0. The minimum Gasteiger partial charge on any atom is -0.399 e. The molecule has 4 N–H and O–H groups in total. The number of carbonyl (C=O) groups is 2. The summed E-state index contributed by atoms with van der Waals surface area (Å²) in [4.78, 5) is 23.4. The molecule has 20 heavy (non-hydrogen) atoms. The Kier molecular flexibility index (Phi) is 4.00. The van der Waals surface area contributed by atoms with Crippen LogP contribution in [0.2, 0.25) is 0 Å². The number of amides is 2. The Morgan fingerprint density at radius 3 is 2.45 bits per heavy atom. The second-order valence-corrected chi connectivity index (χ2v) is 4.31. The molecule has 0 spiro atoms. The van der Waals surface area contributed by atoms with Gasteiger partial charge in [-0.3, -0.25) is 9.59 Å². The number of carbonyl (C=O) groups excluding carboxylic acids is 2. The summed E-state index contributed by atoms with van der Waals surface area (Å²) in [6.45, 7) is 1.40. The molecule has 5 heteroatoms. The van der Waals surface area contributed by atoms with E-state index in [0.29, 0.717) is 22.6 Å². The molecule has 0 saturated heterocycles. The van der Waals surface area contributed by atoms with Crippen molar-refractivity contribution < 1.29 is 9.59 Å². The quantitative estimate of drug-likeness (QED) is 0.748. The first-order chi connectivity index (χ1) is 9.56. The Morgan fingerprint density at radius 1 is 1.00 bits per heavy atom. The highest BCUT2D eigenvalue weighted by molar-refractivity contribution is 6.10. The van der Waals surface area contributed by atoms with Gasteiger partial charge in [0.25, 0.3) is 5.91 Å². The van der Waals surface area contributed by atoms with Crippen molar-refractivity contribution in [1.82, 2.24) is 0 Å². The molecule has 2 amide bonds. The van der Waals surface area contributed by atoms with E-state index in [1.54, 1.807) is 48.5 Å². The van der Waals surface area contributed by atoms with Gasteiger partial charge >= 0.3 is 0 Å². The topological polar surface area (TPSA) is 84.2 Å². The van der Waals surface area contributed by atoms with Crippen LogP contribution in [0.1, 0.15) is 17.3 Å². The van der Waals surface area contributed by atoms with Crippen LogP contribution < -0.4 is 16.4 Å². The number of nitrogen functional groups attached to an aromatic ring is 1.